The van der Waals surface area contributed by atoms with E-state index >= 15 is 0 Å². The summed E-state index contributed by atoms with van der Waals surface area (Å²) in [7, 11) is 1.37. The Morgan fingerprint density at radius 3 is 2.87 bits per heavy atom. The van der Waals surface area contributed by atoms with Crippen LogP contribution in [0.1, 0.15) is 12.8 Å². The van der Waals surface area contributed by atoms with E-state index in [1.54, 1.807) is 4.90 Å². The number of nitrogens with zero attached hydrogens (tertiary/aromatic N) is 1. The van der Waals surface area contributed by atoms with E-state index in [2.05, 4.69) is 5.32 Å². The third-order valence-electron chi connectivity index (χ3n) is 3.12. The monoisotopic (exact) mass is 212 g/mol. The molecule has 84 valence electrons. The summed E-state index contributed by atoms with van der Waals surface area (Å²) in [6, 6.07) is -0.344. The zero-order valence-electron chi connectivity index (χ0n) is 8.86. The maximum Gasteiger partial charge on any atom is 0.328 e. The van der Waals surface area contributed by atoms with E-state index in [1.807, 2.05) is 0 Å². The average molecular weight is 212 g/mol. The number of likely N-dealkylation sites (tertiary alicyclic amines) is 1. The van der Waals surface area contributed by atoms with Crippen LogP contribution in [-0.4, -0.2) is 49.6 Å². The number of carbonyl (C=O) groups excluding carboxylic acids is 2. The zero-order valence-corrected chi connectivity index (χ0v) is 8.86. The van der Waals surface area contributed by atoms with Gasteiger partial charge in [0.25, 0.3) is 0 Å². The van der Waals surface area contributed by atoms with Crippen molar-refractivity contribution < 1.29 is 14.3 Å². The topological polar surface area (TPSA) is 58.6 Å². The van der Waals surface area contributed by atoms with Crippen molar-refractivity contribution in [1.29, 1.82) is 0 Å². The van der Waals surface area contributed by atoms with Crippen molar-refractivity contribution in [2.24, 2.45) is 5.92 Å². The molecule has 0 aromatic heterocycles. The molecule has 1 N–H and O–H groups in total. The fraction of sp³-hybridized carbons (Fsp3) is 0.800. The third-order valence-corrected chi connectivity index (χ3v) is 3.12. The lowest BCUT2D eigenvalue weighted by molar-refractivity contribution is -0.149. The average Bonchev–Trinajstić information content (AvgIpc) is 2.52. The van der Waals surface area contributed by atoms with E-state index in [1.165, 1.54) is 7.11 Å². The SMILES string of the molecule is COC(=O)[C@H]1CCC(=O)N1CC1CNC1. The van der Waals surface area contributed by atoms with Crippen molar-refractivity contribution in [3.05, 3.63) is 0 Å². The number of rotatable bonds is 3. The lowest BCUT2D eigenvalue weighted by atomic mass is 10.0. The Hall–Kier alpha value is -1.10. The number of hydrogen-bond acceptors (Lipinski definition) is 4. The van der Waals surface area contributed by atoms with E-state index in [9.17, 15) is 9.59 Å². The first-order valence-corrected chi connectivity index (χ1v) is 5.30. The number of esters is 1. The highest BCUT2D eigenvalue weighted by atomic mass is 16.5. The fourth-order valence-electron chi connectivity index (χ4n) is 2.10. The van der Waals surface area contributed by atoms with Crippen LogP contribution in [-0.2, 0) is 14.3 Å². The van der Waals surface area contributed by atoms with Gasteiger partial charge in [0.1, 0.15) is 6.04 Å². The van der Waals surface area contributed by atoms with Gasteiger partial charge in [-0.05, 0) is 6.42 Å². The Labute approximate surface area is 88.8 Å². The highest BCUT2D eigenvalue weighted by molar-refractivity contribution is 5.88. The van der Waals surface area contributed by atoms with Gasteiger partial charge < -0.3 is 15.0 Å². The van der Waals surface area contributed by atoms with E-state index in [-0.39, 0.29) is 17.9 Å². The molecule has 0 aromatic carbocycles. The van der Waals surface area contributed by atoms with Gasteiger partial charge in [-0.15, -0.1) is 0 Å². The largest absolute Gasteiger partial charge is 0.467 e. The predicted molar refractivity (Wildman–Crippen MR) is 53.1 cm³/mol. The summed E-state index contributed by atoms with van der Waals surface area (Å²) in [6.45, 7) is 2.57. The first-order valence-electron chi connectivity index (χ1n) is 5.30. The minimum absolute atomic E-state index is 0.0808. The second-order valence-electron chi connectivity index (χ2n) is 4.15. The quantitative estimate of drug-likeness (QED) is 0.633. The predicted octanol–water partition coefficient (Wildman–Crippen LogP) is -0.630. The Bertz CT molecular complexity index is 276. The molecule has 0 aromatic rings. The summed E-state index contributed by atoms with van der Waals surface area (Å²) in [5.74, 6) is 0.296. The summed E-state index contributed by atoms with van der Waals surface area (Å²) in [4.78, 5) is 24.7. The van der Waals surface area contributed by atoms with Gasteiger partial charge >= 0.3 is 5.97 Å². The Morgan fingerprint density at radius 2 is 2.33 bits per heavy atom. The molecule has 0 aliphatic carbocycles. The molecule has 2 heterocycles. The second kappa shape index (κ2) is 4.18. The molecule has 2 aliphatic rings. The van der Waals surface area contributed by atoms with Crippen LogP contribution in [0.4, 0.5) is 0 Å². The normalized spacial score (nSPS) is 26.6. The number of carbonyl (C=O) groups is 2. The van der Waals surface area contributed by atoms with Crippen LogP contribution >= 0.6 is 0 Å². The van der Waals surface area contributed by atoms with Crippen LogP contribution in [0.2, 0.25) is 0 Å². The standard InChI is InChI=1S/C10H16N2O3/c1-15-10(14)8-2-3-9(13)12(8)6-7-4-11-5-7/h7-8,11H,2-6H2,1H3/t8-/m1/s1. The highest BCUT2D eigenvalue weighted by Crippen LogP contribution is 2.22. The molecule has 2 fully saturated rings. The van der Waals surface area contributed by atoms with E-state index < -0.39 is 0 Å². The Balaban J connectivity index is 1.97. The van der Waals surface area contributed by atoms with Crippen molar-refractivity contribution in [3.8, 4) is 0 Å². The Kier molecular flexibility index (Phi) is 2.90. The molecule has 0 spiro atoms. The Morgan fingerprint density at radius 1 is 1.60 bits per heavy atom. The van der Waals surface area contributed by atoms with Crippen LogP contribution < -0.4 is 5.32 Å². The summed E-state index contributed by atoms with van der Waals surface area (Å²) >= 11 is 0. The molecule has 2 saturated heterocycles. The molecule has 2 aliphatic heterocycles. The van der Waals surface area contributed by atoms with Gasteiger partial charge in [-0.1, -0.05) is 0 Å². The lowest BCUT2D eigenvalue weighted by Crippen LogP contribution is -2.51. The first kappa shape index (κ1) is 10.4. The minimum atomic E-state index is -0.344. The minimum Gasteiger partial charge on any atom is -0.467 e. The maximum atomic E-state index is 11.6. The number of hydrogen-bond donors (Lipinski definition) is 1. The molecule has 2 rings (SSSR count). The van der Waals surface area contributed by atoms with Gasteiger partial charge in [0.2, 0.25) is 5.91 Å². The molecule has 1 amide bonds. The van der Waals surface area contributed by atoms with Crippen LogP contribution in [0.25, 0.3) is 0 Å². The molecule has 1 atom stereocenters. The maximum absolute atomic E-state index is 11.6. The van der Waals surface area contributed by atoms with Gasteiger partial charge in [0.05, 0.1) is 7.11 Å². The molecule has 0 radical (unpaired) electrons. The summed E-state index contributed by atoms with van der Waals surface area (Å²) in [5.41, 5.74) is 0. The van der Waals surface area contributed by atoms with Gasteiger partial charge in [0.15, 0.2) is 0 Å². The smallest absolute Gasteiger partial charge is 0.328 e. The van der Waals surface area contributed by atoms with Crippen molar-refractivity contribution >= 4 is 11.9 Å². The molecule has 15 heavy (non-hydrogen) atoms. The fourth-order valence-corrected chi connectivity index (χ4v) is 2.10. The van der Waals surface area contributed by atoms with Crippen LogP contribution in [0, 0.1) is 5.92 Å². The molecule has 0 unspecified atom stereocenters. The van der Waals surface area contributed by atoms with Crippen LogP contribution in [0.3, 0.4) is 0 Å². The molecular weight excluding hydrogens is 196 g/mol. The summed E-state index contributed by atoms with van der Waals surface area (Å²) in [6.07, 6.45) is 1.07. The summed E-state index contributed by atoms with van der Waals surface area (Å²) in [5, 5.41) is 3.15. The molecule has 5 nitrogen and oxygen atoms in total. The lowest BCUT2D eigenvalue weighted by Gasteiger charge is -2.33. The van der Waals surface area contributed by atoms with Gasteiger partial charge in [-0.25, -0.2) is 4.79 Å². The van der Waals surface area contributed by atoms with E-state index in [0.29, 0.717) is 25.3 Å². The first-order chi connectivity index (χ1) is 7.22. The van der Waals surface area contributed by atoms with Gasteiger partial charge in [-0.3, -0.25) is 4.79 Å². The van der Waals surface area contributed by atoms with Crippen LogP contribution in [0.15, 0.2) is 0 Å². The van der Waals surface area contributed by atoms with Crippen molar-refractivity contribution in [1.82, 2.24) is 10.2 Å². The van der Waals surface area contributed by atoms with E-state index in [0.717, 1.165) is 13.1 Å². The highest BCUT2D eigenvalue weighted by Gasteiger charge is 2.38. The van der Waals surface area contributed by atoms with E-state index in [4.69, 9.17) is 4.74 Å². The number of nitrogens with one attached hydrogen (secondary N) is 1. The van der Waals surface area contributed by atoms with Crippen molar-refractivity contribution in [2.45, 2.75) is 18.9 Å². The number of amides is 1. The third kappa shape index (κ3) is 1.97. The zero-order chi connectivity index (χ0) is 10.8. The second-order valence-corrected chi connectivity index (χ2v) is 4.15. The van der Waals surface area contributed by atoms with Gasteiger partial charge in [0, 0.05) is 32.0 Å². The summed E-state index contributed by atoms with van der Waals surface area (Å²) < 4.78 is 4.70. The number of methoxy groups -OCH3 is 1. The van der Waals surface area contributed by atoms with Gasteiger partial charge in [-0.2, -0.15) is 0 Å². The molecule has 0 saturated carbocycles. The molecular formula is C10H16N2O3. The molecule has 5 heteroatoms. The van der Waals surface area contributed by atoms with Crippen molar-refractivity contribution in [3.63, 3.8) is 0 Å². The van der Waals surface area contributed by atoms with Crippen molar-refractivity contribution in [2.75, 3.05) is 26.7 Å². The van der Waals surface area contributed by atoms with Crippen LogP contribution in [0.5, 0.6) is 0 Å². The molecule has 0 bridgehead atoms. The number of ether oxygens (including phenoxy) is 1.